The molecule has 1 aliphatic carbocycles. The van der Waals surface area contributed by atoms with Crippen molar-refractivity contribution >= 4 is 69.6 Å². The van der Waals surface area contributed by atoms with E-state index in [-0.39, 0.29) is 37.5 Å². The van der Waals surface area contributed by atoms with Crippen molar-refractivity contribution in [3.8, 4) is 0 Å². The van der Waals surface area contributed by atoms with Gasteiger partial charge in [-0.15, -0.1) is 0 Å². The first-order chi connectivity index (χ1) is 19.1. The third kappa shape index (κ3) is 4.04. The molecule has 0 aliphatic heterocycles. The van der Waals surface area contributed by atoms with Gasteiger partial charge in [0, 0.05) is 0 Å². The van der Waals surface area contributed by atoms with Gasteiger partial charge < -0.3 is 0 Å². The second kappa shape index (κ2) is 9.32. The van der Waals surface area contributed by atoms with Crippen LogP contribution >= 0.6 is 0 Å². The zero-order chi connectivity index (χ0) is 26.5. The fraction of sp³-hybridized carbons (Fsp3) is 0. The van der Waals surface area contributed by atoms with Gasteiger partial charge in [-0.2, -0.15) is 0 Å². The van der Waals surface area contributed by atoms with Crippen LogP contribution in [0.25, 0.3) is 27.6 Å². The molecule has 5 aromatic carbocycles. The summed E-state index contributed by atoms with van der Waals surface area (Å²) in [7, 11) is 0. The predicted octanol–water partition coefficient (Wildman–Crippen LogP) is 8.12. The van der Waals surface area contributed by atoms with Crippen LogP contribution in [0, 0.1) is 5.82 Å². The first kappa shape index (κ1) is 23.5. The van der Waals surface area contributed by atoms with Crippen molar-refractivity contribution in [1.29, 1.82) is 0 Å². The molecule has 5 heteroatoms. The molecule has 0 saturated carbocycles. The molecular weight excluding hydrogens is 552 g/mol. The van der Waals surface area contributed by atoms with Crippen molar-refractivity contribution in [2.24, 2.45) is 0 Å². The van der Waals surface area contributed by atoms with Gasteiger partial charge in [0.15, 0.2) is 0 Å². The van der Waals surface area contributed by atoms with Crippen LogP contribution in [-0.4, -0.2) is 26.1 Å². The topological polar surface area (TPSA) is 37.4 Å². The van der Waals surface area contributed by atoms with Crippen molar-refractivity contribution in [2.75, 3.05) is 4.90 Å². The van der Waals surface area contributed by atoms with Crippen molar-refractivity contribution in [3.63, 3.8) is 0 Å². The summed E-state index contributed by atoms with van der Waals surface area (Å²) in [6.45, 7) is 0. The molecule has 0 spiro atoms. The molecule has 0 radical (unpaired) electrons. The first-order valence-electron chi connectivity index (χ1n) is 12.5. The van der Waals surface area contributed by atoms with Gasteiger partial charge in [-0.1, -0.05) is 0 Å². The normalized spacial score (nSPS) is 13.9. The Balaban J connectivity index is 1.31. The average molecular weight is 572 g/mol. The van der Waals surface area contributed by atoms with Crippen LogP contribution < -0.4 is 4.90 Å². The number of carbonyl (C=O) groups is 2. The molecule has 0 atom stereocenters. The van der Waals surface area contributed by atoms with E-state index in [1.807, 2.05) is 36.4 Å². The maximum absolute atomic E-state index is 13.8. The predicted molar refractivity (Wildman–Crippen MR) is 156 cm³/mol. The summed E-state index contributed by atoms with van der Waals surface area (Å²) in [5.74, 6) is -0.956. The number of para-hydroxylation sites is 1. The fourth-order valence-electron chi connectivity index (χ4n) is 5.22. The maximum atomic E-state index is 13.8. The number of allylic oxidation sites excluding steroid dienone is 1. The van der Waals surface area contributed by atoms with Crippen LogP contribution in [0.2, 0.25) is 0 Å². The van der Waals surface area contributed by atoms with Gasteiger partial charge in [0.25, 0.3) is 0 Å². The Hall–Kier alpha value is -4.57. The van der Waals surface area contributed by atoms with E-state index in [2.05, 4.69) is 53.4 Å². The van der Waals surface area contributed by atoms with Crippen LogP contribution in [0.15, 0.2) is 121 Å². The Morgan fingerprint density at radius 3 is 2.18 bits per heavy atom. The van der Waals surface area contributed by atoms with E-state index in [9.17, 15) is 14.0 Å². The van der Waals surface area contributed by atoms with E-state index in [4.69, 9.17) is 0 Å². The van der Waals surface area contributed by atoms with Gasteiger partial charge in [-0.3, -0.25) is 0 Å². The number of hydrogen-bond donors (Lipinski definition) is 0. The summed E-state index contributed by atoms with van der Waals surface area (Å²) in [5, 5.41) is 3.65. The fourth-order valence-corrected chi connectivity index (χ4v) is 7.28. The third-order valence-electron chi connectivity index (χ3n) is 7.06. The van der Waals surface area contributed by atoms with Crippen LogP contribution in [0.3, 0.4) is 0 Å². The number of benzene rings is 5. The van der Waals surface area contributed by atoms with Gasteiger partial charge in [-0.25, -0.2) is 0 Å². The van der Waals surface area contributed by atoms with E-state index in [0.29, 0.717) is 16.5 Å². The van der Waals surface area contributed by atoms with Crippen LogP contribution in [0.4, 0.5) is 20.3 Å². The molecule has 0 saturated heterocycles. The van der Waals surface area contributed by atoms with E-state index in [1.54, 1.807) is 24.3 Å². The Morgan fingerprint density at radius 1 is 0.641 bits per heavy atom. The standard InChI is InChI=1S/C34H20FNO2Se/c35-24-14-13-22-18-28-29(19-23(22)17-24)34(38)30(33(28)37)20-26-15-16-32(39-26)36(25-9-2-1-3-10-25)31-12-6-8-21-7-4-5-11-27(21)31/h1-20H/b30-20+. The minimum atomic E-state index is -0.374. The quantitative estimate of drug-likeness (QED) is 0.122. The van der Waals surface area contributed by atoms with Crippen LogP contribution in [0.1, 0.15) is 25.2 Å². The zero-order valence-electron chi connectivity index (χ0n) is 20.6. The molecule has 3 nitrogen and oxygen atoms in total. The molecule has 7 rings (SSSR count). The molecule has 6 aromatic rings. The molecule has 1 aliphatic rings. The van der Waals surface area contributed by atoms with Gasteiger partial charge in [0.1, 0.15) is 0 Å². The molecular formula is C34H20FNO2Se. The van der Waals surface area contributed by atoms with E-state index in [1.165, 1.54) is 12.1 Å². The average Bonchev–Trinajstić information content (AvgIpc) is 3.51. The number of carbonyl (C=O) groups excluding carboxylic acids is 2. The molecule has 0 bridgehead atoms. The summed E-state index contributed by atoms with van der Waals surface area (Å²) in [6.07, 6.45) is 1.74. The van der Waals surface area contributed by atoms with Gasteiger partial charge >= 0.3 is 231 Å². The summed E-state index contributed by atoms with van der Waals surface area (Å²) >= 11 is -0.150. The number of nitrogens with zero attached hydrogens (tertiary/aromatic N) is 1. The Kier molecular flexibility index (Phi) is 5.62. The number of anilines is 3. The van der Waals surface area contributed by atoms with Crippen molar-refractivity contribution in [1.82, 2.24) is 0 Å². The van der Waals surface area contributed by atoms with E-state index in [0.717, 1.165) is 36.5 Å². The molecule has 0 N–H and O–H groups in total. The van der Waals surface area contributed by atoms with Crippen molar-refractivity contribution in [2.45, 2.75) is 0 Å². The number of rotatable bonds is 4. The molecule has 39 heavy (non-hydrogen) atoms. The summed E-state index contributed by atoms with van der Waals surface area (Å²) in [6, 6.07) is 36.6. The molecule has 0 unspecified atom stereocenters. The SMILES string of the molecule is O=C1/C(=C\c2ccc(N(c3ccccc3)c3cccc4ccccc34)[se]2)C(=O)c2cc3cc(F)ccc3cc21. The summed E-state index contributed by atoms with van der Waals surface area (Å²) in [5.41, 5.74) is 3.01. The second-order valence-corrected chi connectivity index (χ2v) is 11.7. The van der Waals surface area contributed by atoms with Crippen LogP contribution in [0.5, 0.6) is 0 Å². The van der Waals surface area contributed by atoms with Gasteiger partial charge in [0.05, 0.1) is 0 Å². The van der Waals surface area contributed by atoms with Crippen LogP contribution in [-0.2, 0) is 0 Å². The monoisotopic (exact) mass is 573 g/mol. The number of halogens is 1. The van der Waals surface area contributed by atoms with Gasteiger partial charge in [0.2, 0.25) is 0 Å². The number of fused-ring (bicyclic) bond motifs is 3. The number of Topliss-reactive ketones (excluding diaryl/α,β-unsaturated/α-hetero) is 2. The third-order valence-corrected chi connectivity index (χ3v) is 9.19. The molecule has 1 aromatic heterocycles. The van der Waals surface area contributed by atoms with E-state index >= 15 is 0 Å². The molecule has 0 amide bonds. The molecule has 186 valence electrons. The Morgan fingerprint density at radius 2 is 1.36 bits per heavy atom. The zero-order valence-corrected chi connectivity index (χ0v) is 22.3. The number of ketones is 2. The van der Waals surface area contributed by atoms with Crippen molar-refractivity contribution in [3.05, 3.63) is 142 Å². The minimum absolute atomic E-state index is 0.150. The Labute approximate surface area is 230 Å². The first-order valence-corrected chi connectivity index (χ1v) is 14.3. The summed E-state index contributed by atoms with van der Waals surface area (Å²) in [4.78, 5) is 28.9. The molecule has 1 heterocycles. The summed E-state index contributed by atoms with van der Waals surface area (Å²) < 4.78 is 15.8. The molecule has 0 fully saturated rings. The van der Waals surface area contributed by atoms with Gasteiger partial charge in [-0.05, 0) is 0 Å². The van der Waals surface area contributed by atoms with Crippen molar-refractivity contribution < 1.29 is 14.0 Å². The van der Waals surface area contributed by atoms with E-state index < -0.39 is 0 Å². The second-order valence-electron chi connectivity index (χ2n) is 9.45. The Bertz CT molecular complexity index is 1970. The number of hydrogen-bond acceptors (Lipinski definition) is 3.